The summed E-state index contributed by atoms with van der Waals surface area (Å²) in [5.41, 5.74) is 2.46. The molecule has 6 heteroatoms. The molecule has 0 fully saturated rings. The number of carbonyl (C=O) groups is 1. The van der Waals surface area contributed by atoms with Gasteiger partial charge in [0.05, 0.1) is 26.9 Å². The average Bonchev–Trinajstić information content (AvgIpc) is 3.02. The van der Waals surface area contributed by atoms with Gasteiger partial charge >= 0.3 is 0 Å². The van der Waals surface area contributed by atoms with Crippen LogP contribution in [-0.2, 0) is 17.8 Å². The largest absolute Gasteiger partial charge is 0.497 e. The second-order valence-corrected chi connectivity index (χ2v) is 5.29. The van der Waals surface area contributed by atoms with E-state index in [0.29, 0.717) is 18.0 Å². The molecule has 2 aromatic heterocycles. The molecule has 2 heterocycles. The third-order valence-electron chi connectivity index (χ3n) is 3.71. The Balaban J connectivity index is 1.62. The van der Waals surface area contributed by atoms with E-state index in [-0.39, 0.29) is 12.3 Å². The summed E-state index contributed by atoms with van der Waals surface area (Å²) >= 11 is 0. The number of nitrogens with zero attached hydrogens (tertiary/aromatic N) is 1. The molecule has 0 spiro atoms. The smallest absolute Gasteiger partial charge is 0.224 e. The number of hydrogen-bond donors (Lipinski definition) is 1. The summed E-state index contributed by atoms with van der Waals surface area (Å²) in [5, 5.41) is 3.79. The van der Waals surface area contributed by atoms with Crippen molar-refractivity contribution in [3.63, 3.8) is 0 Å². The van der Waals surface area contributed by atoms with Crippen LogP contribution in [0, 0.1) is 0 Å². The minimum atomic E-state index is -0.0793. The number of benzene rings is 1. The normalized spacial score (nSPS) is 10.6. The van der Waals surface area contributed by atoms with Crippen LogP contribution in [0.5, 0.6) is 11.6 Å². The zero-order chi connectivity index (χ0) is 16.9. The lowest BCUT2D eigenvalue weighted by molar-refractivity contribution is -0.120. The van der Waals surface area contributed by atoms with Crippen LogP contribution >= 0.6 is 0 Å². The topological polar surface area (TPSA) is 73.6 Å². The molecule has 1 amide bonds. The molecule has 1 N–H and O–H groups in total. The maximum absolute atomic E-state index is 12.2. The fraction of sp³-hybridized carbons (Fsp3) is 0.222. The van der Waals surface area contributed by atoms with Crippen LogP contribution in [0.1, 0.15) is 11.1 Å². The number of rotatable bonds is 6. The highest BCUT2D eigenvalue weighted by atomic mass is 16.5. The Kier molecular flexibility index (Phi) is 4.65. The minimum absolute atomic E-state index is 0.0793. The molecule has 0 radical (unpaired) electrons. The SMILES string of the molecule is COc1ccc2c(CC(=O)NCc3ccc(OC)nc3)coc2c1. The number of pyridine rings is 1. The molecule has 6 nitrogen and oxygen atoms in total. The molecule has 0 aliphatic rings. The van der Waals surface area contributed by atoms with Gasteiger partial charge in [0.1, 0.15) is 11.3 Å². The number of fused-ring (bicyclic) bond motifs is 1. The Morgan fingerprint density at radius 1 is 1.21 bits per heavy atom. The molecule has 0 aliphatic carbocycles. The van der Waals surface area contributed by atoms with E-state index >= 15 is 0 Å². The van der Waals surface area contributed by atoms with E-state index in [4.69, 9.17) is 13.9 Å². The van der Waals surface area contributed by atoms with Gasteiger partial charge in [0.15, 0.2) is 0 Å². The molecule has 0 atom stereocenters. The minimum Gasteiger partial charge on any atom is -0.497 e. The first kappa shape index (κ1) is 15.9. The second kappa shape index (κ2) is 7.04. The number of carbonyl (C=O) groups excluding carboxylic acids is 1. The van der Waals surface area contributed by atoms with Crippen molar-refractivity contribution in [2.75, 3.05) is 14.2 Å². The zero-order valence-electron chi connectivity index (χ0n) is 13.5. The van der Waals surface area contributed by atoms with E-state index in [1.807, 2.05) is 18.2 Å². The molecule has 3 rings (SSSR count). The van der Waals surface area contributed by atoms with Crippen molar-refractivity contribution in [3.8, 4) is 11.6 Å². The fourth-order valence-electron chi connectivity index (χ4n) is 2.40. The van der Waals surface area contributed by atoms with Gasteiger partial charge in [0, 0.05) is 35.8 Å². The Hall–Kier alpha value is -3.02. The van der Waals surface area contributed by atoms with E-state index in [9.17, 15) is 4.79 Å². The van der Waals surface area contributed by atoms with Crippen LogP contribution in [0.15, 0.2) is 47.2 Å². The number of furan rings is 1. The first-order chi connectivity index (χ1) is 11.7. The summed E-state index contributed by atoms with van der Waals surface area (Å²) in [6.45, 7) is 0.416. The summed E-state index contributed by atoms with van der Waals surface area (Å²) in [5.74, 6) is 1.19. The van der Waals surface area contributed by atoms with Crippen LogP contribution in [0.2, 0.25) is 0 Å². The van der Waals surface area contributed by atoms with Crippen LogP contribution in [-0.4, -0.2) is 25.1 Å². The summed E-state index contributed by atoms with van der Waals surface area (Å²) in [6.07, 6.45) is 3.54. The van der Waals surface area contributed by atoms with Crippen LogP contribution < -0.4 is 14.8 Å². The van der Waals surface area contributed by atoms with Gasteiger partial charge in [0.2, 0.25) is 11.8 Å². The van der Waals surface area contributed by atoms with Gasteiger partial charge in [-0.25, -0.2) is 4.98 Å². The molecule has 0 saturated heterocycles. The number of hydrogen-bond acceptors (Lipinski definition) is 5. The van der Waals surface area contributed by atoms with Crippen molar-refractivity contribution in [1.82, 2.24) is 10.3 Å². The second-order valence-electron chi connectivity index (χ2n) is 5.29. The standard InChI is InChI=1S/C18H18N2O4/c1-22-14-4-5-15-13(11-24-16(15)8-14)7-17(21)19-9-12-3-6-18(23-2)20-10-12/h3-6,8,10-11H,7,9H2,1-2H3,(H,19,21). The van der Waals surface area contributed by atoms with Gasteiger partial charge in [0.25, 0.3) is 0 Å². The van der Waals surface area contributed by atoms with E-state index in [1.165, 1.54) is 0 Å². The van der Waals surface area contributed by atoms with Crippen molar-refractivity contribution in [1.29, 1.82) is 0 Å². The van der Waals surface area contributed by atoms with Crippen molar-refractivity contribution in [3.05, 3.63) is 53.9 Å². The maximum atomic E-state index is 12.2. The van der Waals surface area contributed by atoms with Gasteiger partial charge in [-0.1, -0.05) is 6.07 Å². The van der Waals surface area contributed by atoms with Gasteiger partial charge in [-0.05, 0) is 17.7 Å². The van der Waals surface area contributed by atoms with E-state index in [2.05, 4.69) is 10.3 Å². The summed E-state index contributed by atoms with van der Waals surface area (Å²) in [6, 6.07) is 9.18. The average molecular weight is 326 g/mol. The number of aromatic nitrogens is 1. The molecule has 1 aromatic carbocycles. The van der Waals surface area contributed by atoms with Gasteiger partial charge < -0.3 is 19.2 Å². The van der Waals surface area contributed by atoms with Crippen LogP contribution in [0.3, 0.4) is 0 Å². The number of methoxy groups -OCH3 is 2. The van der Waals surface area contributed by atoms with Gasteiger partial charge in [-0.2, -0.15) is 0 Å². The third kappa shape index (κ3) is 3.48. The number of nitrogens with one attached hydrogen (secondary N) is 1. The van der Waals surface area contributed by atoms with Gasteiger partial charge in [-0.15, -0.1) is 0 Å². The predicted octanol–water partition coefficient (Wildman–Crippen LogP) is 2.70. The molecular weight excluding hydrogens is 308 g/mol. The molecule has 0 aliphatic heterocycles. The van der Waals surface area contributed by atoms with E-state index in [0.717, 1.165) is 22.3 Å². The maximum Gasteiger partial charge on any atom is 0.224 e. The van der Waals surface area contributed by atoms with Crippen LogP contribution in [0.4, 0.5) is 0 Å². The highest BCUT2D eigenvalue weighted by Gasteiger charge is 2.11. The zero-order valence-corrected chi connectivity index (χ0v) is 13.5. The number of ether oxygens (including phenoxy) is 2. The molecule has 0 saturated carbocycles. The number of amides is 1. The van der Waals surface area contributed by atoms with Crippen LogP contribution in [0.25, 0.3) is 11.0 Å². The lowest BCUT2D eigenvalue weighted by Gasteiger charge is -2.05. The van der Waals surface area contributed by atoms with Crippen molar-refractivity contribution in [2.45, 2.75) is 13.0 Å². The fourth-order valence-corrected chi connectivity index (χ4v) is 2.40. The Morgan fingerprint density at radius 3 is 2.79 bits per heavy atom. The highest BCUT2D eigenvalue weighted by molar-refractivity contribution is 5.88. The highest BCUT2D eigenvalue weighted by Crippen LogP contribution is 2.25. The predicted molar refractivity (Wildman–Crippen MR) is 89.1 cm³/mol. The van der Waals surface area contributed by atoms with E-state index in [1.54, 1.807) is 38.8 Å². The van der Waals surface area contributed by atoms with Crippen molar-refractivity contribution in [2.24, 2.45) is 0 Å². The molecule has 124 valence electrons. The molecule has 3 aromatic rings. The van der Waals surface area contributed by atoms with Gasteiger partial charge in [-0.3, -0.25) is 4.79 Å². The first-order valence-corrected chi connectivity index (χ1v) is 7.49. The first-order valence-electron chi connectivity index (χ1n) is 7.49. The Bertz CT molecular complexity index is 840. The third-order valence-corrected chi connectivity index (χ3v) is 3.71. The molecule has 24 heavy (non-hydrogen) atoms. The summed E-state index contributed by atoms with van der Waals surface area (Å²) in [7, 11) is 3.17. The quantitative estimate of drug-likeness (QED) is 0.754. The molecular formula is C18H18N2O4. The summed E-state index contributed by atoms with van der Waals surface area (Å²) < 4.78 is 15.7. The molecule has 0 bridgehead atoms. The van der Waals surface area contributed by atoms with Crippen molar-refractivity contribution < 1.29 is 18.7 Å². The lowest BCUT2D eigenvalue weighted by atomic mass is 10.1. The monoisotopic (exact) mass is 326 g/mol. The lowest BCUT2D eigenvalue weighted by Crippen LogP contribution is -2.24. The summed E-state index contributed by atoms with van der Waals surface area (Å²) in [4.78, 5) is 16.3. The molecule has 0 unspecified atom stereocenters. The van der Waals surface area contributed by atoms with E-state index < -0.39 is 0 Å². The Labute approximate surface area is 139 Å². The van der Waals surface area contributed by atoms with Crippen molar-refractivity contribution >= 4 is 16.9 Å². The Morgan fingerprint density at radius 2 is 2.08 bits per heavy atom.